The van der Waals surface area contributed by atoms with Gasteiger partial charge in [-0.2, -0.15) is 0 Å². The fourth-order valence-corrected chi connectivity index (χ4v) is 5.70. The van der Waals surface area contributed by atoms with E-state index in [0.29, 0.717) is 11.3 Å². The Morgan fingerprint density at radius 3 is 2.09 bits per heavy atom. The zero-order valence-corrected chi connectivity index (χ0v) is 20.0. The van der Waals surface area contributed by atoms with Crippen LogP contribution in [0.4, 0.5) is 5.69 Å². The molecule has 164 valence electrons. The normalized spacial score (nSPS) is 16.7. The minimum Gasteiger partial charge on any atom is -0.502 e. The van der Waals surface area contributed by atoms with Crippen LogP contribution in [0.2, 0.25) is 0 Å². The summed E-state index contributed by atoms with van der Waals surface area (Å²) in [5.41, 5.74) is 3.09. The third-order valence-electron chi connectivity index (χ3n) is 5.59. The Bertz CT molecular complexity index is 1300. The molecule has 4 rings (SSSR count). The minimum atomic E-state index is -4.14. The van der Waals surface area contributed by atoms with Crippen molar-refractivity contribution < 1.29 is 18.3 Å². The van der Waals surface area contributed by atoms with E-state index in [4.69, 9.17) is 0 Å². The van der Waals surface area contributed by atoms with Gasteiger partial charge in [-0.1, -0.05) is 64.8 Å². The number of anilines is 1. The topological polar surface area (TPSA) is 74.7 Å². The van der Waals surface area contributed by atoms with Gasteiger partial charge in [0.1, 0.15) is 10.9 Å². The van der Waals surface area contributed by atoms with E-state index in [-0.39, 0.29) is 9.80 Å². The number of aryl methyl sites for hydroxylation is 2. The van der Waals surface area contributed by atoms with Gasteiger partial charge in [-0.15, -0.1) is 0 Å². The number of aliphatic hydroxyl groups is 1. The van der Waals surface area contributed by atoms with E-state index in [9.17, 15) is 18.3 Å². The number of sulfone groups is 1. The first-order chi connectivity index (χ1) is 15.2. The summed E-state index contributed by atoms with van der Waals surface area (Å²) in [6.45, 7) is 3.89. The second-order valence-corrected chi connectivity index (χ2v) is 10.5. The van der Waals surface area contributed by atoms with Gasteiger partial charge in [-0.05, 0) is 60.9 Å². The van der Waals surface area contributed by atoms with Gasteiger partial charge in [0.2, 0.25) is 9.84 Å². The first-order valence-electron chi connectivity index (χ1n) is 10.2. The van der Waals surface area contributed by atoms with Crippen LogP contribution in [0.1, 0.15) is 29.7 Å². The number of halogens is 1. The Morgan fingerprint density at radius 2 is 1.53 bits per heavy atom. The van der Waals surface area contributed by atoms with Crippen LogP contribution >= 0.6 is 15.9 Å². The van der Waals surface area contributed by atoms with Crippen LogP contribution in [-0.4, -0.2) is 19.4 Å². The predicted molar refractivity (Wildman–Crippen MR) is 128 cm³/mol. The van der Waals surface area contributed by atoms with Gasteiger partial charge in [0.05, 0.1) is 4.90 Å². The van der Waals surface area contributed by atoms with Crippen molar-refractivity contribution in [3.05, 3.63) is 105 Å². The molecule has 3 aromatic rings. The van der Waals surface area contributed by atoms with Crippen LogP contribution in [-0.2, 0) is 21.1 Å². The van der Waals surface area contributed by atoms with Crippen LogP contribution < -0.4 is 4.90 Å². The highest BCUT2D eigenvalue weighted by molar-refractivity contribution is 9.10. The summed E-state index contributed by atoms with van der Waals surface area (Å²) in [6, 6.07) is 19.8. The van der Waals surface area contributed by atoms with Crippen molar-refractivity contribution in [1.29, 1.82) is 0 Å². The van der Waals surface area contributed by atoms with Gasteiger partial charge in [0, 0.05) is 10.2 Å². The molecule has 0 aromatic heterocycles. The molecule has 5 nitrogen and oxygen atoms in total. The fraction of sp³-hybridized carbons (Fsp3) is 0.160. The molecule has 0 fully saturated rings. The molecule has 1 aliphatic heterocycles. The second kappa shape index (κ2) is 8.56. The van der Waals surface area contributed by atoms with Crippen LogP contribution in [0.5, 0.6) is 0 Å². The number of nitrogens with zero attached hydrogens (tertiary/aromatic N) is 1. The minimum absolute atomic E-state index is 0.0327. The van der Waals surface area contributed by atoms with Crippen molar-refractivity contribution in [1.82, 2.24) is 0 Å². The maximum Gasteiger partial charge on any atom is 0.295 e. The van der Waals surface area contributed by atoms with Crippen molar-refractivity contribution in [2.75, 3.05) is 4.90 Å². The Balaban J connectivity index is 1.92. The van der Waals surface area contributed by atoms with E-state index in [0.717, 1.165) is 22.0 Å². The summed E-state index contributed by atoms with van der Waals surface area (Å²) >= 11 is 3.38. The van der Waals surface area contributed by atoms with Gasteiger partial charge in [-0.25, -0.2) is 8.42 Å². The number of hydrogen-bond acceptors (Lipinski definition) is 4. The zero-order valence-electron chi connectivity index (χ0n) is 17.6. The van der Waals surface area contributed by atoms with Gasteiger partial charge < -0.3 is 5.11 Å². The van der Waals surface area contributed by atoms with E-state index < -0.39 is 27.5 Å². The van der Waals surface area contributed by atoms with Crippen LogP contribution in [0.15, 0.2) is 92.8 Å². The molecule has 1 amide bonds. The second-order valence-electron chi connectivity index (χ2n) is 7.68. The molecular formula is C25H22BrNO4S. The monoisotopic (exact) mass is 511 g/mol. The third-order valence-corrected chi connectivity index (χ3v) is 8.01. The summed E-state index contributed by atoms with van der Waals surface area (Å²) in [6.07, 6.45) is 0.829. The molecule has 7 heteroatoms. The number of carbonyl (C=O) groups is 1. The first kappa shape index (κ1) is 22.3. The average Bonchev–Trinajstić information content (AvgIpc) is 3.06. The maximum atomic E-state index is 13.6. The Kier molecular flexibility index (Phi) is 5.97. The van der Waals surface area contributed by atoms with E-state index in [1.54, 1.807) is 36.4 Å². The Morgan fingerprint density at radius 1 is 0.938 bits per heavy atom. The number of hydrogen-bond donors (Lipinski definition) is 1. The summed E-state index contributed by atoms with van der Waals surface area (Å²) in [5.74, 6) is -1.50. The molecule has 0 aliphatic carbocycles. The summed E-state index contributed by atoms with van der Waals surface area (Å²) in [7, 11) is -4.14. The molecule has 1 aliphatic rings. The van der Waals surface area contributed by atoms with E-state index in [2.05, 4.69) is 15.9 Å². The molecule has 32 heavy (non-hydrogen) atoms. The van der Waals surface area contributed by atoms with Crippen molar-refractivity contribution in [2.45, 2.75) is 31.2 Å². The van der Waals surface area contributed by atoms with Gasteiger partial charge in [-0.3, -0.25) is 9.69 Å². The van der Waals surface area contributed by atoms with Gasteiger partial charge >= 0.3 is 0 Å². The molecule has 1 heterocycles. The van der Waals surface area contributed by atoms with Gasteiger partial charge in [0.25, 0.3) is 5.91 Å². The van der Waals surface area contributed by atoms with Crippen LogP contribution in [0.25, 0.3) is 0 Å². The molecular weight excluding hydrogens is 490 g/mol. The van der Waals surface area contributed by atoms with E-state index in [1.807, 2.05) is 38.1 Å². The van der Waals surface area contributed by atoms with Crippen LogP contribution in [0.3, 0.4) is 0 Å². The predicted octanol–water partition coefficient (Wildman–Crippen LogP) is 5.65. The fourth-order valence-electron chi connectivity index (χ4n) is 3.81. The lowest BCUT2D eigenvalue weighted by atomic mass is 10.0. The van der Waals surface area contributed by atoms with Crippen molar-refractivity contribution in [3.8, 4) is 0 Å². The first-order valence-corrected chi connectivity index (χ1v) is 12.4. The number of amides is 1. The molecule has 0 saturated heterocycles. The summed E-state index contributed by atoms with van der Waals surface area (Å²) in [4.78, 5) is 14.2. The maximum absolute atomic E-state index is 13.6. The standard InChI is InChI=1S/C25H22BrNO4S/c1-3-17-6-8-18(9-7-17)22-24(32(30,31)21-14-4-16(2)5-15-21)23(28)25(29)27(22)20-12-10-19(26)11-13-20/h4-15,22,28H,3H2,1-2H3/t22-/m1/s1. The lowest BCUT2D eigenvalue weighted by Gasteiger charge is -2.27. The summed E-state index contributed by atoms with van der Waals surface area (Å²) in [5, 5.41) is 10.8. The highest BCUT2D eigenvalue weighted by Gasteiger charge is 2.47. The Hall–Kier alpha value is -2.90. The molecule has 1 atom stereocenters. The van der Waals surface area contributed by atoms with Crippen molar-refractivity contribution >= 4 is 37.4 Å². The highest BCUT2D eigenvalue weighted by atomic mass is 79.9. The number of aliphatic hydroxyl groups excluding tert-OH is 1. The smallest absolute Gasteiger partial charge is 0.295 e. The third kappa shape index (κ3) is 3.87. The van der Waals surface area contributed by atoms with Gasteiger partial charge in [0.15, 0.2) is 5.76 Å². The quantitative estimate of drug-likeness (QED) is 0.480. The highest BCUT2D eigenvalue weighted by Crippen LogP contribution is 2.45. The number of rotatable bonds is 5. The molecule has 1 N–H and O–H groups in total. The van der Waals surface area contributed by atoms with Crippen LogP contribution in [0, 0.1) is 6.92 Å². The van der Waals surface area contributed by atoms with Crippen molar-refractivity contribution in [2.24, 2.45) is 0 Å². The lowest BCUT2D eigenvalue weighted by Crippen LogP contribution is -2.31. The van der Waals surface area contributed by atoms with E-state index in [1.165, 1.54) is 17.0 Å². The number of benzene rings is 3. The molecule has 0 radical (unpaired) electrons. The SMILES string of the molecule is CCc1ccc([C@@H]2C(S(=O)(=O)c3ccc(C)cc3)=C(O)C(=O)N2c2ccc(Br)cc2)cc1. The summed E-state index contributed by atoms with van der Waals surface area (Å²) < 4.78 is 28.1. The largest absolute Gasteiger partial charge is 0.502 e. The van der Waals surface area contributed by atoms with E-state index >= 15 is 0 Å². The molecule has 3 aromatic carbocycles. The number of carbonyl (C=O) groups excluding carboxylic acids is 1. The molecule has 0 spiro atoms. The van der Waals surface area contributed by atoms with Crippen molar-refractivity contribution in [3.63, 3.8) is 0 Å². The Labute approximate surface area is 196 Å². The average molecular weight is 512 g/mol. The lowest BCUT2D eigenvalue weighted by molar-refractivity contribution is -0.117. The molecule has 0 unspecified atom stereocenters. The zero-order chi connectivity index (χ0) is 23.0. The molecule has 0 bridgehead atoms. The molecule has 0 saturated carbocycles.